The Balaban J connectivity index is 1.84. The minimum Gasteiger partial charge on any atom is -0.385 e. The Labute approximate surface area is 117 Å². The summed E-state index contributed by atoms with van der Waals surface area (Å²) in [5.41, 5.74) is 1.43. The van der Waals surface area contributed by atoms with Crippen molar-refractivity contribution in [3.8, 4) is 0 Å². The van der Waals surface area contributed by atoms with Crippen molar-refractivity contribution in [2.75, 3.05) is 19.5 Å². The standard InChI is InChI=1S/C13H20N2OS2/c1-3-10-5-7-17-12(10)8-14-13-15-11(9-18-13)4-6-16-2/h5,7,11H,3-4,6,8-9H2,1-2H3,(H,14,15). The first-order valence-electron chi connectivity index (χ1n) is 6.31. The summed E-state index contributed by atoms with van der Waals surface area (Å²) in [4.78, 5) is 6.07. The Morgan fingerprint density at radius 2 is 2.44 bits per heavy atom. The van der Waals surface area contributed by atoms with Crippen LogP contribution >= 0.6 is 23.1 Å². The van der Waals surface area contributed by atoms with Gasteiger partial charge in [-0.1, -0.05) is 18.7 Å². The van der Waals surface area contributed by atoms with Gasteiger partial charge in [-0.2, -0.15) is 0 Å². The van der Waals surface area contributed by atoms with E-state index in [-0.39, 0.29) is 0 Å². The molecule has 1 saturated heterocycles. The molecule has 0 bridgehead atoms. The van der Waals surface area contributed by atoms with Crippen LogP contribution < -0.4 is 5.32 Å². The van der Waals surface area contributed by atoms with Crippen LogP contribution in [0.3, 0.4) is 0 Å². The zero-order valence-electron chi connectivity index (χ0n) is 10.9. The number of thioether (sulfide) groups is 1. The summed E-state index contributed by atoms with van der Waals surface area (Å²) in [6.45, 7) is 3.83. The molecule has 18 heavy (non-hydrogen) atoms. The van der Waals surface area contributed by atoms with E-state index in [0.717, 1.165) is 36.9 Å². The highest BCUT2D eigenvalue weighted by atomic mass is 32.2. The Kier molecular flexibility index (Phi) is 5.53. The summed E-state index contributed by atoms with van der Waals surface area (Å²) in [7, 11) is 1.75. The molecule has 0 spiro atoms. The smallest absolute Gasteiger partial charge is 0.157 e. The fraction of sp³-hybridized carbons (Fsp3) is 0.615. The van der Waals surface area contributed by atoms with E-state index in [1.807, 2.05) is 23.1 Å². The number of hydrogen-bond acceptors (Lipinski definition) is 4. The molecule has 1 N–H and O–H groups in total. The molecule has 0 aromatic carbocycles. The van der Waals surface area contributed by atoms with E-state index in [1.54, 1.807) is 7.11 Å². The van der Waals surface area contributed by atoms with Crippen molar-refractivity contribution in [3.05, 3.63) is 21.9 Å². The number of nitrogens with zero attached hydrogens (tertiary/aromatic N) is 1. The topological polar surface area (TPSA) is 33.6 Å². The van der Waals surface area contributed by atoms with Crippen LogP contribution in [-0.4, -0.2) is 30.7 Å². The van der Waals surface area contributed by atoms with E-state index in [4.69, 9.17) is 4.74 Å². The lowest BCUT2D eigenvalue weighted by Crippen LogP contribution is -2.28. The molecule has 100 valence electrons. The van der Waals surface area contributed by atoms with Crippen molar-refractivity contribution in [2.24, 2.45) is 4.99 Å². The lowest BCUT2D eigenvalue weighted by Gasteiger charge is -2.08. The first kappa shape index (κ1) is 13.9. The largest absolute Gasteiger partial charge is 0.385 e. The molecule has 1 aromatic heterocycles. The highest BCUT2D eigenvalue weighted by Gasteiger charge is 2.19. The zero-order chi connectivity index (χ0) is 12.8. The monoisotopic (exact) mass is 284 g/mol. The van der Waals surface area contributed by atoms with E-state index in [0.29, 0.717) is 6.04 Å². The van der Waals surface area contributed by atoms with Crippen LogP contribution in [0, 0.1) is 0 Å². The SMILES string of the molecule is CCc1ccsc1CN=C1NC(CCOC)CS1. The molecule has 2 heterocycles. The summed E-state index contributed by atoms with van der Waals surface area (Å²) in [5.74, 6) is 1.10. The molecule has 0 saturated carbocycles. The van der Waals surface area contributed by atoms with Crippen molar-refractivity contribution < 1.29 is 4.74 Å². The fourth-order valence-corrected chi connectivity index (χ4v) is 3.82. The molecule has 0 aliphatic carbocycles. The van der Waals surface area contributed by atoms with Gasteiger partial charge in [-0.15, -0.1) is 11.3 Å². The maximum atomic E-state index is 5.10. The molecule has 1 aliphatic heterocycles. The average Bonchev–Trinajstić information content (AvgIpc) is 3.02. The molecule has 2 rings (SSSR count). The second-order valence-electron chi connectivity index (χ2n) is 4.28. The van der Waals surface area contributed by atoms with Gasteiger partial charge in [0.2, 0.25) is 0 Å². The molecule has 3 nitrogen and oxygen atoms in total. The molecule has 1 aliphatic rings. The number of hydrogen-bond donors (Lipinski definition) is 1. The van der Waals surface area contributed by atoms with Crippen molar-refractivity contribution in [3.63, 3.8) is 0 Å². The number of thiophene rings is 1. The minimum absolute atomic E-state index is 0.516. The van der Waals surface area contributed by atoms with Crippen LogP contribution in [0.15, 0.2) is 16.4 Å². The number of nitrogens with one attached hydrogen (secondary N) is 1. The van der Waals surface area contributed by atoms with E-state index >= 15 is 0 Å². The summed E-state index contributed by atoms with van der Waals surface area (Å²) < 4.78 is 5.10. The van der Waals surface area contributed by atoms with Crippen LogP contribution in [0.4, 0.5) is 0 Å². The molecular weight excluding hydrogens is 264 g/mol. The normalized spacial score (nSPS) is 21.4. The predicted molar refractivity (Wildman–Crippen MR) is 80.7 cm³/mol. The first-order chi connectivity index (χ1) is 8.83. The highest BCUT2D eigenvalue weighted by Crippen LogP contribution is 2.21. The van der Waals surface area contributed by atoms with Crippen LogP contribution in [-0.2, 0) is 17.7 Å². The third kappa shape index (κ3) is 3.73. The molecule has 0 amide bonds. The fourth-order valence-electron chi connectivity index (χ4n) is 1.91. The van der Waals surface area contributed by atoms with Gasteiger partial charge in [-0.3, -0.25) is 4.99 Å². The number of rotatable bonds is 6. The summed E-state index contributed by atoms with van der Waals surface area (Å²) in [6, 6.07) is 2.72. The average molecular weight is 284 g/mol. The van der Waals surface area contributed by atoms with Crippen molar-refractivity contribution in [1.82, 2.24) is 5.32 Å². The third-order valence-corrected chi connectivity index (χ3v) is 5.04. The molecule has 1 aromatic rings. The Morgan fingerprint density at radius 3 is 3.22 bits per heavy atom. The summed E-state index contributed by atoms with van der Waals surface area (Å²) >= 11 is 3.63. The molecular formula is C13H20N2OS2. The quantitative estimate of drug-likeness (QED) is 0.872. The third-order valence-electron chi connectivity index (χ3n) is 3.00. The second-order valence-corrected chi connectivity index (χ2v) is 6.29. The summed E-state index contributed by atoms with van der Waals surface area (Å²) in [5, 5.41) is 6.71. The van der Waals surface area contributed by atoms with E-state index in [9.17, 15) is 0 Å². The second kappa shape index (κ2) is 7.16. The van der Waals surface area contributed by atoms with Gasteiger partial charge in [0, 0.05) is 30.4 Å². The molecule has 1 atom stereocenters. The van der Waals surface area contributed by atoms with Gasteiger partial charge in [0.1, 0.15) is 0 Å². The highest BCUT2D eigenvalue weighted by molar-refractivity contribution is 8.14. The maximum absolute atomic E-state index is 5.10. The lowest BCUT2D eigenvalue weighted by atomic mass is 10.2. The molecule has 0 radical (unpaired) electrons. The lowest BCUT2D eigenvalue weighted by molar-refractivity contribution is 0.188. The number of amidine groups is 1. The van der Waals surface area contributed by atoms with Gasteiger partial charge >= 0.3 is 0 Å². The molecule has 5 heteroatoms. The number of ether oxygens (including phenoxy) is 1. The van der Waals surface area contributed by atoms with Crippen molar-refractivity contribution >= 4 is 28.3 Å². The van der Waals surface area contributed by atoms with Gasteiger partial charge in [0.25, 0.3) is 0 Å². The minimum atomic E-state index is 0.516. The van der Waals surface area contributed by atoms with Crippen LogP contribution in [0.2, 0.25) is 0 Å². The summed E-state index contributed by atoms with van der Waals surface area (Å²) in [6.07, 6.45) is 2.16. The zero-order valence-corrected chi connectivity index (χ0v) is 12.6. The molecule has 1 unspecified atom stereocenters. The predicted octanol–water partition coefficient (Wildman–Crippen LogP) is 2.91. The van der Waals surface area contributed by atoms with Gasteiger partial charge in [-0.25, -0.2) is 0 Å². The van der Waals surface area contributed by atoms with Gasteiger partial charge in [-0.05, 0) is 29.9 Å². The Morgan fingerprint density at radius 1 is 1.56 bits per heavy atom. The van der Waals surface area contributed by atoms with Gasteiger partial charge in [0.05, 0.1) is 6.54 Å². The van der Waals surface area contributed by atoms with E-state index in [2.05, 4.69) is 28.7 Å². The van der Waals surface area contributed by atoms with Gasteiger partial charge < -0.3 is 10.1 Å². The number of methoxy groups -OCH3 is 1. The van der Waals surface area contributed by atoms with E-state index < -0.39 is 0 Å². The maximum Gasteiger partial charge on any atom is 0.157 e. The number of aliphatic imine (C=N–C) groups is 1. The molecule has 1 fully saturated rings. The van der Waals surface area contributed by atoms with Crippen LogP contribution in [0.5, 0.6) is 0 Å². The van der Waals surface area contributed by atoms with Crippen molar-refractivity contribution in [1.29, 1.82) is 0 Å². The van der Waals surface area contributed by atoms with Gasteiger partial charge in [0.15, 0.2) is 5.17 Å². The number of aryl methyl sites for hydroxylation is 1. The Hall–Kier alpha value is -0.520. The van der Waals surface area contributed by atoms with E-state index in [1.165, 1.54) is 10.4 Å². The first-order valence-corrected chi connectivity index (χ1v) is 8.18. The van der Waals surface area contributed by atoms with Crippen LogP contribution in [0.25, 0.3) is 0 Å². The Bertz CT molecular complexity index is 403. The van der Waals surface area contributed by atoms with Crippen LogP contribution in [0.1, 0.15) is 23.8 Å². The van der Waals surface area contributed by atoms with Crippen molar-refractivity contribution in [2.45, 2.75) is 32.4 Å².